The molecule has 3 nitrogen and oxygen atoms in total. The minimum Gasteiger partial charge on any atom is -0.398 e. The van der Waals surface area contributed by atoms with Gasteiger partial charge in [-0.15, -0.1) is 0 Å². The van der Waals surface area contributed by atoms with Crippen LogP contribution >= 0.6 is 11.6 Å². The average Bonchev–Trinajstić information content (AvgIpc) is 2.26. The fourth-order valence-electron chi connectivity index (χ4n) is 1.74. The maximum absolute atomic E-state index is 9.09. The van der Waals surface area contributed by atoms with Gasteiger partial charge in [0, 0.05) is 17.8 Å². The van der Waals surface area contributed by atoms with Crippen LogP contribution in [0.15, 0.2) is 12.1 Å². The summed E-state index contributed by atoms with van der Waals surface area (Å²) in [4.78, 5) is 0. The zero-order valence-electron chi connectivity index (χ0n) is 10.7. The Kier molecular flexibility index (Phi) is 4.66. The van der Waals surface area contributed by atoms with Gasteiger partial charge in [-0.25, -0.2) is 0 Å². The van der Waals surface area contributed by atoms with E-state index in [2.05, 4.69) is 19.2 Å². The van der Waals surface area contributed by atoms with Crippen molar-refractivity contribution in [2.75, 3.05) is 17.7 Å². The van der Waals surface area contributed by atoms with Crippen molar-refractivity contribution in [3.05, 3.63) is 22.7 Å². The molecular formula is C13H21ClN2O. The van der Waals surface area contributed by atoms with Crippen LogP contribution in [0.2, 0.25) is 5.02 Å². The van der Waals surface area contributed by atoms with Crippen molar-refractivity contribution < 1.29 is 5.11 Å². The van der Waals surface area contributed by atoms with Crippen molar-refractivity contribution >= 4 is 23.0 Å². The fourth-order valence-corrected chi connectivity index (χ4v) is 1.90. The molecular weight excluding hydrogens is 236 g/mol. The number of halogens is 1. The molecule has 1 rings (SSSR count). The van der Waals surface area contributed by atoms with E-state index in [9.17, 15) is 0 Å². The first kappa shape index (κ1) is 14.1. The highest BCUT2D eigenvalue weighted by Gasteiger charge is 2.21. The lowest BCUT2D eigenvalue weighted by molar-refractivity contribution is 0.252. The topological polar surface area (TPSA) is 58.3 Å². The summed E-state index contributed by atoms with van der Waals surface area (Å²) in [6.07, 6.45) is 1.62. The predicted octanol–water partition coefficient (Wildman–Crippen LogP) is 3.19. The molecule has 0 heterocycles. The van der Waals surface area contributed by atoms with Gasteiger partial charge < -0.3 is 16.2 Å². The number of hydrogen-bond acceptors (Lipinski definition) is 3. The summed E-state index contributed by atoms with van der Waals surface area (Å²) in [7, 11) is 0. The fraction of sp³-hybridized carbons (Fsp3) is 0.538. The van der Waals surface area contributed by atoms with Gasteiger partial charge >= 0.3 is 0 Å². The maximum atomic E-state index is 9.09. The third-order valence-corrected chi connectivity index (χ3v) is 3.55. The molecule has 0 aliphatic rings. The minimum absolute atomic E-state index is 0.126. The Morgan fingerprint density at radius 1 is 1.47 bits per heavy atom. The van der Waals surface area contributed by atoms with E-state index in [1.807, 2.05) is 19.1 Å². The van der Waals surface area contributed by atoms with Crippen molar-refractivity contribution in [3.63, 3.8) is 0 Å². The number of nitrogens with one attached hydrogen (secondary N) is 1. The molecule has 17 heavy (non-hydrogen) atoms. The molecule has 0 amide bonds. The molecule has 1 atom stereocenters. The Hall–Kier alpha value is -0.930. The number of aryl methyl sites for hydroxylation is 1. The Morgan fingerprint density at radius 2 is 2.12 bits per heavy atom. The number of aliphatic hydroxyl groups is 1. The smallest absolute Gasteiger partial charge is 0.0656 e. The summed E-state index contributed by atoms with van der Waals surface area (Å²) in [6, 6.07) is 3.71. The van der Waals surface area contributed by atoms with Gasteiger partial charge in [-0.1, -0.05) is 18.5 Å². The second-order valence-corrected chi connectivity index (χ2v) is 5.11. The average molecular weight is 257 g/mol. The van der Waals surface area contributed by atoms with Gasteiger partial charge in [0.1, 0.15) is 0 Å². The van der Waals surface area contributed by atoms with E-state index in [1.54, 1.807) is 0 Å². The molecule has 0 saturated heterocycles. The van der Waals surface area contributed by atoms with Crippen LogP contribution in [0.4, 0.5) is 11.4 Å². The Bertz CT molecular complexity index is 395. The van der Waals surface area contributed by atoms with Gasteiger partial charge in [0.15, 0.2) is 0 Å². The highest BCUT2D eigenvalue weighted by atomic mass is 35.5. The lowest BCUT2D eigenvalue weighted by Gasteiger charge is -2.31. The van der Waals surface area contributed by atoms with Crippen LogP contribution in [-0.2, 0) is 0 Å². The standard InChI is InChI=1S/C13H21ClN2O/c1-4-13(3,5-6-17)16-12-8-10(14)11(15)7-9(12)2/h7-8,16-17H,4-6,15H2,1-3H3. The monoisotopic (exact) mass is 256 g/mol. The molecule has 0 aliphatic heterocycles. The van der Waals surface area contributed by atoms with Crippen LogP contribution in [0.1, 0.15) is 32.3 Å². The minimum atomic E-state index is -0.126. The van der Waals surface area contributed by atoms with Crippen LogP contribution in [0.5, 0.6) is 0 Å². The lowest BCUT2D eigenvalue weighted by atomic mass is 9.94. The molecule has 96 valence electrons. The highest BCUT2D eigenvalue weighted by molar-refractivity contribution is 6.33. The summed E-state index contributed by atoms with van der Waals surface area (Å²) in [5.41, 5.74) is 8.25. The van der Waals surface area contributed by atoms with Gasteiger partial charge in [-0.3, -0.25) is 0 Å². The number of nitrogens with two attached hydrogens (primary N) is 1. The molecule has 4 heteroatoms. The Morgan fingerprint density at radius 3 is 2.65 bits per heavy atom. The van der Waals surface area contributed by atoms with E-state index in [0.717, 1.165) is 17.7 Å². The summed E-state index contributed by atoms with van der Waals surface area (Å²) >= 11 is 6.02. The molecule has 0 aromatic heterocycles. The zero-order chi connectivity index (χ0) is 13.1. The normalized spacial score (nSPS) is 14.4. The van der Waals surface area contributed by atoms with Crippen LogP contribution in [-0.4, -0.2) is 17.3 Å². The third kappa shape index (κ3) is 3.51. The first-order valence-corrected chi connectivity index (χ1v) is 6.24. The number of aliphatic hydroxyl groups excluding tert-OH is 1. The Balaban J connectivity index is 2.97. The van der Waals surface area contributed by atoms with Gasteiger partial charge in [0.05, 0.1) is 10.7 Å². The molecule has 4 N–H and O–H groups in total. The summed E-state index contributed by atoms with van der Waals surface area (Å²) in [6.45, 7) is 6.34. The number of nitrogen functional groups attached to an aromatic ring is 1. The van der Waals surface area contributed by atoms with E-state index >= 15 is 0 Å². The van der Waals surface area contributed by atoms with E-state index in [1.165, 1.54) is 0 Å². The summed E-state index contributed by atoms with van der Waals surface area (Å²) in [5.74, 6) is 0. The summed E-state index contributed by atoms with van der Waals surface area (Å²) < 4.78 is 0. The molecule has 1 aromatic rings. The van der Waals surface area contributed by atoms with Crippen molar-refractivity contribution in [1.29, 1.82) is 0 Å². The maximum Gasteiger partial charge on any atom is 0.0656 e. The van der Waals surface area contributed by atoms with Crippen molar-refractivity contribution in [2.45, 2.75) is 39.2 Å². The van der Waals surface area contributed by atoms with Gasteiger partial charge in [-0.2, -0.15) is 0 Å². The first-order chi connectivity index (χ1) is 7.91. The van der Waals surface area contributed by atoms with Crippen LogP contribution in [0.3, 0.4) is 0 Å². The molecule has 0 radical (unpaired) electrons. The van der Waals surface area contributed by atoms with E-state index in [0.29, 0.717) is 17.1 Å². The van der Waals surface area contributed by atoms with Crippen LogP contribution in [0.25, 0.3) is 0 Å². The molecule has 0 bridgehead atoms. The van der Waals surface area contributed by atoms with Crippen LogP contribution < -0.4 is 11.1 Å². The second-order valence-electron chi connectivity index (χ2n) is 4.70. The molecule has 0 fully saturated rings. The quantitative estimate of drug-likeness (QED) is 0.709. The number of rotatable bonds is 5. The van der Waals surface area contributed by atoms with Gasteiger partial charge in [0.2, 0.25) is 0 Å². The third-order valence-electron chi connectivity index (χ3n) is 3.22. The zero-order valence-corrected chi connectivity index (χ0v) is 11.4. The van der Waals surface area contributed by atoms with Crippen molar-refractivity contribution in [3.8, 4) is 0 Å². The van der Waals surface area contributed by atoms with Crippen LogP contribution in [0, 0.1) is 6.92 Å². The van der Waals surface area contributed by atoms with E-state index < -0.39 is 0 Å². The van der Waals surface area contributed by atoms with E-state index in [4.69, 9.17) is 22.4 Å². The van der Waals surface area contributed by atoms with Gasteiger partial charge in [-0.05, 0) is 44.4 Å². The lowest BCUT2D eigenvalue weighted by Crippen LogP contribution is -2.35. The SMILES string of the molecule is CCC(C)(CCO)Nc1cc(Cl)c(N)cc1C. The highest BCUT2D eigenvalue weighted by Crippen LogP contribution is 2.30. The first-order valence-electron chi connectivity index (χ1n) is 5.86. The molecule has 0 aliphatic carbocycles. The van der Waals surface area contributed by atoms with E-state index in [-0.39, 0.29) is 12.1 Å². The van der Waals surface area contributed by atoms with Crippen molar-refractivity contribution in [1.82, 2.24) is 0 Å². The molecule has 0 saturated carbocycles. The number of anilines is 2. The van der Waals surface area contributed by atoms with Gasteiger partial charge in [0.25, 0.3) is 0 Å². The Labute approximate surface area is 108 Å². The number of benzene rings is 1. The largest absolute Gasteiger partial charge is 0.398 e. The molecule has 0 spiro atoms. The predicted molar refractivity (Wildman–Crippen MR) is 74.6 cm³/mol. The molecule has 1 aromatic carbocycles. The second kappa shape index (κ2) is 5.61. The summed E-state index contributed by atoms with van der Waals surface area (Å²) in [5, 5.41) is 13.1. The number of hydrogen-bond donors (Lipinski definition) is 3. The van der Waals surface area contributed by atoms with Crippen molar-refractivity contribution in [2.24, 2.45) is 0 Å². The molecule has 1 unspecified atom stereocenters.